The lowest BCUT2D eigenvalue weighted by atomic mass is 10.2. The summed E-state index contributed by atoms with van der Waals surface area (Å²) in [5.74, 6) is 5.86. The highest BCUT2D eigenvalue weighted by Gasteiger charge is 2.07. The van der Waals surface area contributed by atoms with E-state index in [9.17, 15) is 4.79 Å². The molecule has 0 spiro atoms. The Morgan fingerprint density at radius 3 is 3.19 bits per heavy atom. The quantitative estimate of drug-likeness (QED) is 0.577. The third-order valence-corrected chi connectivity index (χ3v) is 2.45. The summed E-state index contributed by atoms with van der Waals surface area (Å²) in [6.45, 7) is 2.59. The van der Waals surface area contributed by atoms with Crippen LogP contribution in [0.3, 0.4) is 0 Å². The van der Waals surface area contributed by atoms with E-state index in [4.69, 9.17) is 0 Å². The van der Waals surface area contributed by atoms with Crippen LogP contribution in [0.5, 0.6) is 0 Å². The molecule has 0 saturated heterocycles. The molecule has 2 aromatic rings. The van der Waals surface area contributed by atoms with Gasteiger partial charge >= 0.3 is 0 Å². The molecule has 0 unspecified atom stereocenters. The summed E-state index contributed by atoms with van der Waals surface area (Å²) in [6.07, 6.45) is 5.21. The molecule has 2 heterocycles. The summed E-state index contributed by atoms with van der Waals surface area (Å²) >= 11 is 0. The second-order valence-electron chi connectivity index (χ2n) is 3.45. The van der Waals surface area contributed by atoms with Crippen LogP contribution in [0.2, 0.25) is 0 Å². The van der Waals surface area contributed by atoms with Crippen molar-refractivity contribution >= 4 is 17.3 Å². The van der Waals surface area contributed by atoms with Crippen molar-refractivity contribution in [3.05, 3.63) is 30.1 Å². The fourth-order valence-corrected chi connectivity index (χ4v) is 1.72. The molecule has 0 amide bonds. The van der Waals surface area contributed by atoms with Crippen molar-refractivity contribution in [1.82, 2.24) is 9.55 Å². The van der Waals surface area contributed by atoms with Gasteiger partial charge in [-0.1, -0.05) is 0 Å². The van der Waals surface area contributed by atoms with Crippen LogP contribution in [0.4, 0.5) is 0 Å². The Bertz CT molecular complexity index is 572. The Balaban J connectivity index is 2.43. The molecule has 3 nitrogen and oxygen atoms in total. The average Bonchev–Trinajstić information content (AvgIpc) is 2.68. The number of hydrogen-bond acceptors (Lipinski definition) is 2. The van der Waals surface area contributed by atoms with Crippen molar-refractivity contribution in [3.63, 3.8) is 0 Å². The van der Waals surface area contributed by atoms with Crippen LogP contribution in [-0.2, 0) is 6.54 Å². The molecule has 0 aromatic carbocycles. The maximum atomic E-state index is 10.9. The minimum absolute atomic E-state index is 0.688. The van der Waals surface area contributed by atoms with Crippen LogP contribution >= 0.6 is 0 Å². The predicted molar refractivity (Wildman–Crippen MR) is 63.2 cm³/mol. The summed E-state index contributed by atoms with van der Waals surface area (Å²) in [6, 6.07) is 3.75. The number of nitrogens with zero attached hydrogens (tertiary/aromatic N) is 2. The maximum absolute atomic E-state index is 10.9. The lowest BCUT2D eigenvalue weighted by Crippen LogP contribution is -1.96. The Labute approximate surface area is 94.1 Å². The number of carbonyl (C=O) groups is 1. The van der Waals surface area contributed by atoms with Crippen LogP contribution < -0.4 is 0 Å². The second-order valence-corrected chi connectivity index (χ2v) is 3.45. The second kappa shape index (κ2) is 4.63. The highest BCUT2D eigenvalue weighted by molar-refractivity contribution is 5.95. The Morgan fingerprint density at radius 1 is 1.56 bits per heavy atom. The van der Waals surface area contributed by atoms with E-state index in [0.29, 0.717) is 5.56 Å². The molecule has 2 rings (SSSR count). The van der Waals surface area contributed by atoms with E-state index in [0.717, 1.165) is 30.3 Å². The monoisotopic (exact) mass is 212 g/mol. The van der Waals surface area contributed by atoms with E-state index in [2.05, 4.69) is 16.8 Å². The molecule has 3 heteroatoms. The van der Waals surface area contributed by atoms with Gasteiger partial charge in [-0.2, -0.15) is 0 Å². The van der Waals surface area contributed by atoms with Crippen molar-refractivity contribution in [1.29, 1.82) is 0 Å². The van der Waals surface area contributed by atoms with E-state index in [-0.39, 0.29) is 0 Å². The first-order valence-electron chi connectivity index (χ1n) is 5.15. The van der Waals surface area contributed by atoms with Gasteiger partial charge in [-0.15, -0.1) is 11.8 Å². The molecule has 80 valence electrons. The maximum Gasteiger partial charge on any atom is 0.152 e. The summed E-state index contributed by atoms with van der Waals surface area (Å²) in [5.41, 5.74) is 1.54. The zero-order valence-corrected chi connectivity index (χ0v) is 9.10. The topological polar surface area (TPSA) is 34.9 Å². The Morgan fingerprint density at radius 2 is 2.44 bits per heavy atom. The largest absolute Gasteiger partial charge is 0.331 e. The number of carbonyl (C=O) groups excluding carboxylic acids is 1. The van der Waals surface area contributed by atoms with Crippen LogP contribution in [0.25, 0.3) is 11.0 Å². The molecule has 2 aromatic heterocycles. The molecule has 0 atom stereocenters. The molecule has 0 aliphatic heterocycles. The highest BCUT2D eigenvalue weighted by atomic mass is 16.1. The Hall–Kier alpha value is -2.08. The number of fused-ring (bicyclic) bond motifs is 1. The number of pyridine rings is 1. The van der Waals surface area contributed by atoms with Crippen molar-refractivity contribution in [2.45, 2.75) is 19.9 Å². The minimum atomic E-state index is 0.688. The lowest BCUT2D eigenvalue weighted by molar-refractivity contribution is 0.112. The van der Waals surface area contributed by atoms with Crippen LogP contribution in [0.15, 0.2) is 24.5 Å². The molecule has 0 aliphatic rings. The van der Waals surface area contributed by atoms with Gasteiger partial charge in [-0.05, 0) is 19.1 Å². The molecular weight excluding hydrogens is 200 g/mol. The number of aromatic nitrogens is 2. The zero-order valence-electron chi connectivity index (χ0n) is 9.10. The predicted octanol–water partition coefficient (Wildman–Crippen LogP) is 2.26. The zero-order chi connectivity index (χ0) is 11.4. The van der Waals surface area contributed by atoms with E-state index < -0.39 is 0 Å². The number of rotatable bonds is 3. The smallest absolute Gasteiger partial charge is 0.152 e. The van der Waals surface area contributed by atoms with Crippen molar-refractivity contribution in [3.8, 4) is 11.8 Å². The van der Waals surface area contributed by atoms with Gasteiger partial charge in [-0.3, -0.25) is 4.79 Å². The molecule has 0 bridgehead atoms. The normalized spacial score (nSPS) is 9.81. The fraction of sp³-hybridized carbons (Fsp3) is 0.231. The van der Waals surface area contributed by atoms with E-state index in [1.54, 1.807) is 6.20 Å². The van der Waals surface area contributed by atoms with E-state index in [1.807, 2.05) is 29.8 Å². The number of aldehydes is 1. The van der Waals surface area contributed by atoms with Gasteiger partial charge in [-0.25, -0.2) is 4.98 Å². The molecule has 16 heavy (non-hydrogen) atoms. The summed E-state index contributed by atoms with van der Waals surface area (Å²) in [5, 5.41) is 0.905. The molecule has 0 fully saturated rings. The lowest BCUT2D eigenvalue weighted by Gasteiger charge is -1.99. The van der Waals surface area contributed by atoms with Crippen molar-refractivity contribution < 1.29 is 4.79 Å². The molecular formula is C13H12N2O. The first kappa shape index (κ1) is 10.4. The fourth-order valence-electron chi connectivity index (χ4n) is 1.72. The number of hydrogen-bond donors (Lipinski definition) is 0. The SMILES string of the molecule is CC#CCCn1cc(C=O)c2cccnc21. The van der Waals surface area contributed by atoms with Crippen molar-refractivity contribution in [2.24, 2.45) is 0 Å². The Kier molecular flexibility index (Phi) is 3.02. The standard InChI is InChI=1S/C13H12N2O/c1-2-3-4-8-15-9-11(10-16)12-6-5-7-14-13(12)15/h5-7,9-10H,4,8H2,1H3. The van der Waals surface area contributed by atoms with Crippen LogP contribution in [0.1, 0.15) is 23.7 Å². The molecule has 0 saturated carbocycles. The van der Waals surface area contributed by atoms with Crippen molar-refractivity contribution in [2.75, 3.05) is 0 Å². The molecule has 0 aliphatic carbocycles. The average molecular weight is 212 g/mol. The van der Waals surface area contributed by atoms with Gasteiger partial charge in [0.15, 0.2) is 6.29 Å². The number of aryl methyl sites for hydroxylation is 1. The third kappa shape index (κ3) is 1.82. The highest BCUT2D eigenvalue weighted by Crippen LogP contribution is 2.17. The van der Waals surface area contributed by atoms with Crippen LogP contribution in [0, 0.1) is 11.8 Å². The van der Waals surface area contributed by atoms with Gasteiger partial charge in [0.05, 0.1) is 0 Å². The molecule has 0 radical (unpaired) electrons. The first-order valence-corrected chi connectivity index (χ1v) is 5.15. The van der Waals surface area contributed by atoms with Gasteiger partial charge in [0.2, 0.25) is 0 Å². The van der Waals surface area contributed by atoms with Crippen LogP contribution in [-0.4, -0.2) is 15.8 Å². The van der Waals surface area contributed by atoms with Gasteiger partial charge in [0.25, 0.3) is 0 Å². The summed E-state index contributed by atoms with van der Waals surface area (Å²) in [7, 11) is 0. The first-order chi connectivity index (χ1) is 7.86. The van der Waals surface area contributed by atoms with Gasteiger partial charge in [0.1, 0.15) is 5.65 Å². The van der Waals surface area contributed by atoms with Gasteiger partial charge < -0.3 is 4.57 Å². The third-order valence-electron chi connectivity index (χ3n) is 2.45. The van der Waals surface area contributed by atoms with E-state index >= 15 is 0 Å². The summed E-state index contributed by atoms with van der Waals surface area (Å²) in [4.78, 5) is 15.2. The van der Waals surface area contributed by atoms with E-state index in [1.165, 1.54) is 0 Å². The summed E-state index contributed by atoms with van der Waals surface area (Å²) < 4.78 is 1.98. The minimum Gasteiger partial charge on any atom is -0.331 e. The molecule has 0 N–H and O–H groups in total. The van der Waals surface area contributed by atoms with Gasteiger partial charge in [0, 0.05) is 36.3 Å².